The van der Waals surface area contributed by atoms with Gasteiger partial charge in [0, 0.05) is 56.4 Å². The van der Waals surface area contributed by atoms with Gasteiger partial charge in [0.2, 0.25) is 0 Å². The average molecular weight is 576 g/mol. The van der Waals surface area contributed by atoms with Crippen LogP contribution < -0.4 is 15.5 Å². The molecular formula is C27H36F3N9O2. The van der Waals surface area contributed by atoms with Crippen LogP contribution in [0.25, 0.3) is 22.3 Å². The molecule has 3 aliphatic heterocycles. The third-order valence-corrected chi connectivity index (χ3v) is 8.65. The molecule has 14 heteroatoms. The molecule has 0 bridgehead atoms. The minimum atomic E-state index is -3.67. The molecule has 3 atom stereocenters. The number of alkyl halides is 3. The van der Waals surface area contributed by atoms with Crippen LogP contribution in [0.4, 0.5) is 29.5 Å². The number of fused-ring (bicyclic) bond motifs is 2. The largest absolute Gasteiger partial charge is 0.393 e. The second kappa shape index (κ2) is 10.8. The lowest BCUT2D eigenvalue weighted by atomic mass is 9.92. The van der Waals surface area contributed by atoms with E-state index < -0.39 is 6.68 Å². The topological polar surface area (TPSA) is 127 Å². The second-order valence-corrected chi connectivity index (χ2v) is 12.0. The summed E-state index contributed by atoms with van der Waals surface area (Å²) in [4.78, 5) is 22.4. The number of amides is 2. The zero-order chi connectivity index (χ0) is 28.9. The number of piperidine rings is 1. The molecule has 3 aromatic rings. The molecule has 2 amide bonds. The number of likely N-dealkylation sites (tertiary alicyclic amines) is 1. The van der Waals surface area contributed by atoms with Crippen LogP contribution in [0.5, 0.6) is 0 Å². The van der Waals surface area contributed by atoms with Crippen molar-refractivity contribution in [3.05, 3.63) is 18.5 Å². The standard InChI is InChI=1S/C26H35N9O2.CHF3/c1-15(2)13-35-21-7-19(28-10-18(21)24(32-35)33-14-16-9-27-12-22(16)33)23-20(11-29-31-23)30-25(37)34-6-3-17(36)8-26(34)4-5-26;2-1(3)4/h7,10-11,15-17,22,27,36H,3-6,8-9,12-14H2,1-2H3,(H,29,31)(H,30,37);1H. The fraction of sp³-hybridized carbons (Fsp3) is 0.630. The van der Waals surface area contributed by atoms with Crippen LogP contribution in [-0.2, 0) is 6.54 Å². The number of rotatable bonds is 5. The van der Waals surface area contributed by atoms with Crippen LogP contribution in [0.2, 0.25) is 0 Å². The minimum Gasteiger partial charge on any atom is -0.393 e. The summed E-state index contributed by atoms with van der Waals surface area (Å²) >= 11 is 0. The molecule has 4 aliphatic rings. The first-order valence-corrected chi connectivity index (χ1v) is 14.2. The zero-order valence-corrected chi connectivity index (χ0v) is 23.2. The quantitative estimate of drug-likeness (QED) is 0.366. The molecule has 3 aromatic heterocycles. The second-order valence-electron chi connectivity index (χ2n) is 12.0. The molecule has 222 valence electrons. The van der Waals surface area contributed by atoms with Gasteiger partial charge in [0.15, 0.2) is 5.82 Å². The van der Waals surface area contributed by atoms with Gasteiger partial charge in [-0.25, -0.2) is 4.79 Å². The third kappa shape index (κ3) is 5.34. The molecule has 11 nitrogen and oxygen atoms in total. The summed E-state index contributed by atoms with van der Waals surface area (Å²) in [5, 5.41) is 30.0. The predicted octanol–water partition coefficient (Wildman–Crippen LogP) is 3.59. The van der Waals surface area contributed by atoms with E-state index in [-0.39, 0.29) is 17.7 Å². The molecule has 4 fully saturated rings. The molecule has 1 aliphatic carbocycles. The van der Waals surface area contributed by atoms with E-state index in [1.807, 2.05) is 11.1 Å². The lowest BCUT2D eigenvalue weighted by Gasteiger charge is -2.44. The maximum atomic E-state index is 13.3. The van der Waals surface area contributed by atoms with E-state index in [1.54, 1.807) is 6.20 Å². The number of aliphatic hydroxyl groups is 1. The number of hydrogen-bond donors (Lipinski definition) is 4. The van der Waals surface area contributed by atoms with Gasteiger partial charge in [-0.05, 0) is 37.7 Å². The number of aliphatic hydroxyl groups excluding tert-OH is 1. The van der Waals surface area contributed by atoms with Crippen LogP contribution in [0.15, 0.2) is 18.5 Å². The fourth-order valence-electron chi connectivity index (χ4n) is 6.51. The maximum Gasteiger partial charge on any atom is 0.379 e. The van der Waals surface area contributed by atoms with Crippen molar-refractivity contribution in [1.82, 2.24) is 35.2 Å². The first-order valence-electron chi connectivity index (χ1n) is 14.2. The number of aromatic amines is 1. The maximum absolute atomic E-state index is 13.3. The predicted molar refractivity (Wildman–Crippen MR) is 147 cm³/mol. The highest BCUT2D eigenvalue weighted by molar-refractivity contribution is 5.96. The highest BCUT2D eigenvalue weighted by Gasteiger charge is 2.53. The Kier molecular flexibility index (Phi) is 7.30. The summed E-state index contributed by atoms with van der Waals surface area (Å²) in [7, 11) is 0. The van der Waals surface area contributed by atoms with Crippen molar-refractivity contribution in [2.24, 2.45) is 11.8 Å². The summed E-state index contributed by atoms with van der Waals surface area (Å²) in [6.45, 7) is 5.23. The summed E-state index contributed by atoms with van der Waals surface area (Å²) < 4.78 is 31.1. The van der Waals surface area contributed by atoms with Gasteiger partial charge in [0.05, 0.1) is 34.6 Å². The normalized spacial score (nSPS) is 24.4. The molecule has 4 N–H and O–H groups in total. The molecule has 6 heterocycles. The number of urea groups is 1. The van der Waals surface area contributed by atoms with Gasteiger partial charge in [0.25, 0.3) is 0 Å². The number of aromatic nitrogens is 5. The monoisotopic (exact) mass is 575 g/mol. The summed E-state index contributed by atoms with van der Waals surface area (Å²) in [6.07, 6.45) is 6.41. The Morgan fingerprint density at radius 3 is 2.73 bits per heavy atom. The lowest BCUT2D eigenvalue weighted by molar-refractivity contribution is 0.00817. The van der Waals surface area contributed by atoms with Gasteiger partial charge in [-0.2, -0.15) is 23.4 Å². The number of H-pyrrole nitrogens is 1. The smallest absolute Gasteiger partial charge is 0.379 e. The first-order chi connectivity index (χ1) is 19.6. The minimum absolute atomic E-state index is 0.141. The van der Waals surface area contributed by atoms with E-state index in [4.69, 9.17) is 10.1 Å². The molecule has 41 heavy (non-hydrogen) atoms. The van der Waals surface area contributed by atoms with Crippen molar-refractivity contribution in [1.29, 1.82) is 0 Å². The number of nitrogens with zero attached hydrogens (tertiary/aromatic N) is 6. The SMILES string of the molecule is CC(C)Cn1nc(N2CC3CNCC32)c2cnc(-c3[nH]ncc3NC(=O)N3CCC(O)CC34CC4)cc21.FC(F)F. The number of carbonyl (C=O) groups excluding carboxylic acids is 1. The Morgan fingerprint density at radius 2 is 2.02 bits per heavy atom. The Hall–Kier alpha value is -3.39. The van der Waals surface area contributed by atoms with Crippen molar-refractivity contribution in [2.45, 2.75) is 70.4 Å². The molecule has 0 aromatic carbocycles. The van der Waals surface area contributed by atoms with E-state index in [1.165, 1.54) is 0 Å². The van der Waals surface area contributed by atoms with E-state index in [9.17, 15) is 23.1 Å². The summed E-state index contributed by atoms with van der Waals surface area (Å²) in [5.74, 6) is 2.16. The number of nitrogens with one attached hydrogen (secondary N) is 3. The van der Waals surface area contributed by atoms with Crippen LogP contribution in [0.3, 0.4) is 0 Å². The number of halogens is 3. The van der Waals surface area contributed by atoms with Gasteiger partial charge in [-0.15, -0.1) is 0 Å². The van der Waals surface area contributed by atoms with Crippen LogP contribution >= 0.6 is 0 Å². The van der Waals surface area contributed by atoms with Gasteiger partial charge in [-0.3, -0.25) is 14.8 Å². The van der Waals surface area contributed by atoms with Gasteiger partial charge < -0.3 is 25.5 Å². The van der Waals surface area contributed by atoms with Crippen LogP contribution in [0, 0.1) is 11.8 Å². The molecule has 1 spiro atoms. The van der Waals surface area contributed by atoms with E-state index in [0.717, 1.165) is 61.4 Å². The number of hydrogen-bond acceptors (Lipinski definition) is 7. The highest BCUT2D eigenvalue weighted by atomic mass is 19.4. The first kappa shape index (κ1) is 27.8. The van der Waals surface area contributed by atoms with Crippen molar-refractivity contribution < 1.29 is 23.1 Å². The number of anilines is 2. The summed E-state index contributed by atoms with van der Waals surface area (Å²) in [6, 6.07) is 2.42. The Balaban J connectivity index is 0.000000712. The van der Waals surface area contributed by atoms with Crippen molar-refractivity contribution in [3.8, 4) is 11.4 Å². The molecule has 1 saturated carbocycles. The molecule has 7 rings (SSSR count). The van der Waals surface area contributed by atoms with Gasteiger partial charge >= 0.3 is 12.7 Å². The molecular weight excluding hydrogens is 539 g/mol. The van der Waals surface area contributed by atoms with E-state index in [0.29, 0.717) is 48.6 Å². The van der Waals surface area contributed by atoms with Crippen molar-refractivity contribution >= 4 is 28.4 Å². The van der Waals surface area contributed by atoms with Crippen LogP contribution in [-0.4, -0.2) is 91.5 Å². The highest BCUT2D eigenvalue weighted by Crippen LogP contribution is 2.48. The van der Waals surface area contributed by atoms with Crippen molar-refractivity contribution in [2.75, 3.05) is 36.4 Å². The van der Waals surface area contributed by atoms with Gasteiger partial charge in [-0.1, -0.05) is 13.8 Å². The third-order valence-electron chi connectivity index (χ3n) is 8.65. The molecule has 3 unspecified atom stereocenters. The van der Waals surface area contributed by atoms with Crippen molar-refractivity contribution in [3.63, 3.8) is 0 Å². The average Bonchev–Trinajstić information content (AvgIpc) is 3.20. The lowest BCUT2D eigenvalue weighted by Crippen LogP contribution is -2.56. The zero-order valence-electron chi connectivity index (χ0n) is 23.2. The Morgan fingerprint density at radius 1 is 1.24 bits per heavy atom. The Labute approximate surface area is 235 Å². The molecule has 0 radical (unpaired) electrons. The Bertz CT molecular complexity index is 1400. The van der Waals surface area contributed by atoms with Gasteiger partial charge in [0.1, 0.15) is 5.69 Å². The number of pyridine rings is 1. The van der Waals surface area contributed by atoms with Crippen LogP contribution in [0.1, 0.15) is 39.5 Å². The van der Waals surface area contributed by atoms with E-state index in [2.05, 4.69) is 50.3 Å². The van der Waals surface area contributed by atoms with E-state index >= 15 is 0 Å². The number of carbonyl (C=O) groups is 1. The fourth-order valence-corrected chi connectivity index (χ4v) is 6.51. The summed E-state index contributed by atoms with van der Waals surface area (Å²) in [5.41, 5.74) is 2.86. The molecule has 3 saturated heterocycles.